The number of carbonyl (C=O) groups is 1. The summed E-state index contributed by atoms with van der Waals surface area (Å²) in [5, 5.41) is 53.7. The van der Waals surface area contributed by atoms with Gasteiger partial charge in [-0.1, -0.05) is 129 Å². The second-order valence-corrected chi connectivity index (χ2v) is 12.3. The molecule has 1 rings (SSSR count). The number of amides is 1. The average molecular weight is 604 g/mol. The van der Waals surface area contributed by atoms with Crippen LogP contribution in [0, 0.1) is 0 Å². The van der Waals surface area contributed by atoms with Gasteiger partial charge in [-0.25, -0.2) is 0 Å². The molecule has 0 aromatic rings. The molecule has 7 atom stereocenters. The van der Waals surface area contributed by atoms with E-state index >= 15 is 0 Å². The number of ether oxygens (including phenoxy) is 2. The van der Waals surface area contributed by atoms with E-state index in [1.54, 1.807) is 0 Å². The fourth-order valence-corrected chi connectivity index (χ4v) is 5.57. The van der Waals surface area contributed by atoms with Gasteiger partial charge in [-0.15, -0.1) is 0 Å². The van der Waals surface area contributed by atoms with Gasteiger partial charge in [0.05, 0.1) is 25.4 Å². The number of aliphatic hydroxyl groups excluding tert-OH is 5. The first-order chi connectivity index (χ1) is 20.3. The highest BCUT2D eigenvalue weighted by molar-refractivity contribution is 5.76. The van der Waals surface area contributed by atoms with Crippen LogP contribution in [0.2, 0.25) is 0 Å². The van der Waals surface area contributed by atoms with Crippen LogP contribution in [0.15, 0.2) is 0 Å². The predicted octanol–water partition coefficient (Wildman–Crippen LogP) is 4.88. The standard InChI is InChI=1S/C33H65NO8/c1-3-5-7-9-11-12-13-14-15-17-18-20-22-27(36)26(34-29(37)23-21-19-16-10-8-6-4-2)25-41-33-32(40)31(39)30(38)28(24-35)42-33/h26-28,30-33,35-36,38-40H,3-25H2,1-2H3,(H,34,37). The molecule has 1 amide bonds. The molecule has 6 N–H and O–H groups in total. The van der Waals surface area contributed by atoms with Gasteiger partial charge in [0.15, 0.2) is 6.29 Å². The topological polar surface area (TPSA) is 149 Å². The minimum absolute atomic E-state index is 0.134. The van der Waals surface area contributed by atoms with E-state index in [4.69, 9.17) is 9.47 Å². The van der Waals surface area contributed by atoms with Crippen LogP contribution < -0.4 is 5.32 Å². The maximum atomic E-state index is 12.7. The van der Waals surface area contributed by atoms with Gasteiger partial charge in [0.25, 0.3) is 0 Å². The lowest BCUT2D eigenvalue weighted by Crippen LogP contribution is -2.60. The Hall–Kier alpha value is -0.810. The van der Waals surface area contributed by atoms with E-state index in [1.807, 2.05) is 0 Å². The Morgan fingerprint density at radius 1 is 0.714 bits per heavy atom. The first-order valence-electron chi connectivity index (χ1n) is 17.2. The number of hydrogen-bond acceptors (Lipinski definition) is 8. The Labute approximate surface area is 255 Å². The van der Waals surface area contributed by atoms with Crippen LogP contribution in [0.1, 0.15) is 149 Å². The third-order valence-corrected chi connectivity index (χ3v) is 8.46. The van der Waals surface area contributed by atoms with E-state index in [-0.39, 0.29) is 12.5 Å². The van der Waals surface area contributed by atoms with Gasteiger partial charge < -0.3 is 40.3 Å². The lowest BCUT2D eigenvalue weighted by atomic mass is 9.99. The van der Waals surface area contributed by atoms with Crippen molar-refractivity contribution in [2.24, 2.45) is 0 Å². The summed E-state index contributed by atoms with van der Waals surface area (Å²) < 4.78 is 11.1. The number of unbranched alkanes of at least 4 members (excludes halogenated alkanes) is 17. The van der Waals surface area contributed by atoms with E-state index in [0.717, 1.165) is 38.5 Å². The summed E-state index contributed by atoms with van der Waals surface area (Å²) in [4.78, 5) is 12.7. The Balaban J connectivity index is 2.46. The summed E-state index contributed by atoms with van der Waals surface area (Å²) in [5.74, 6) is -0.153. The molecule has 1 aliphatic heterocycles. The molecule has 9 heteroatoms. The third-order valence-electron chi connectivity index (χ3n) is 8.46. The van der Waals surface area contributed by atoms with Crippen LogP contribution in [0.3, 0.4) is 0 Å². The lowest BCUT2D eigenvalue weighted by molar-refractivity contribution is -0.302. The molecular formula is C33H65NO8. The normalized spacial score (nSPS) is 24.0. The molecule has 0 saturated carbocycles. The van der Waals surface area contributed by atoms with Crippen LogP contribution in [0.4, 0.5) is 0 Å². The maximum Gasteiger partial charge on any atom is 0.220 e. The van der Waals surface area contributed by atoms with E-state index < -0.39 is 49.5 Å². The van der Waals surface area contributed by atoms with Crippen molar-refractivity contribution in [3.05, 3.63) is 0 Å². The van der Waals surface area contributed by atoms with Crippen molar-refractivity contribution in [1.29, 1.82) is 0 Å². The Morgan fingerprint density at radius 2 is 1.19 bits per heavy atom. The minimum Gasteiger partial charge on any atom is -0.394 e. The highest BCUT2D eigenvalue weighted by Crippen LogP contribution is 2.23. The van der Waals surface area contributed by atoms with Crippen LogP contribution in [0.25, 0.3) is 0 Å². The first-order valence-corrected chi connectivity index (χ1v) is 17.2. The summed E-state index contributed by atoms with van der Waals surface area (Å²) >= 11 is 0. The summed E-state index contributed by atoms with van der Waals surface area (Å²) in [6.07, 6.45) is 15.6. The lowest BCUT2D eigenvalue weighted by Gasteiger charge is -2.40. The molecule has 1 saturated heterocycles. The molecular weight excluding hydrogens is 538 g/mol. The zero-order valence-electron chi connectivity index (χ0n) is 26.8. The van der Waals surface area contributed by atoms with Gasteiger partial charge in [0.2, 0.25) is 5.91 Å². The molecule has 0 aliphatic carbocycles. The van der Waals surface area contributed by atoms with E-state index in [0.29, 0.717) is 12.8 Å². The molecule has 1 heterocycles. The van der Waals surface area contributed by atoms with Crippen LogP contribution in [-0.2, 0) is 14.3 Å². The van der Waals surface area contributed by atoms with Gasteiger partial charge in [-0.05, 0) is 12.8 Å². The molecule has 0 aromatic carbocycles. The second kappa shape index (κ2) is 25.5. The number of carbonyl (C=O) groups excluding carboxylic acids is 1. The quantitative estimate of drug-likeness (QED) is 0.0728. The fourth-order valence-electron chi connectivity index (χ4n) is 5.57. The summed E-state index contributed by atoms with van der Waals surface area (Å²) in [6, 6.07) is -0.706. The first kappa shape index (κ1) is 39.2. The number of hydrogen-bond donors (Lipinski definition) is 6. The van der Waals surface area contributed by atoms with Crippen molar-refractivity contribution in [3.63, 3.8) is 0 Å². The van der Waals surface area contributed by atoms with Crippen LogP contribution in [-0.4, -0.2) is 87.5 Å². The maximum absolute atomic E-state index is 12.7. The van der Waals surface area contributed by atoms with Crippen molar-refractivity contribution in [1.82, 2.24) is 5.32 Å². The van der Waals surface area contributed by atoms with E-state index in [9.17, 15) is 30.3 Å². The Morgan fingerprint density at radius 3 is 1.69 bits per heavy atom. The molecule has 0 bridgehead atoms. The van der Waals surface area contributed by atoms with E-state index in [2.05, 4.69) is 19.2 Å². The highest BCUT2D eigenvalue weighted by atomic mass is 16.7. The average Bonchev–Trinajstić information content (AvgIpc) is 2.98. The summed E-state index contributed by atoms with van der Waals surface area (Å²) in [6.45, 7) is 3.75. The fraction of sp³-hybridized carbons (Fsp3) is 0.970. The molecule has 1 aliphatic rings. The van der Waals surface area contributed by atoms with Gasteiger partial charge >= 0.3 is 0 Å². The molecule has 250 valence electrons. The zero-order valence-corrected chi connectivity index (χ0v) is 26.8. The molecule has 9 nitrogen and oxygen atoms in total. The second-order valence-electron chi connectivity index (χ2n) is 12.3. The van der Waals surface area contributed by atoms with Crippen molar-refractivity contribution < 1.29 is 39.8 Å². The number of nitrogens with one attached hydrogen (secondary N) is 1. The minimum atomic E-state index is -1.54. The van der Waals surface area contributed by atoms with Gasteiger partial charge in [-0.2, -0.15) is 0 Å². The number of aliphatic hydroxyl groups is 5. The SMILES string of the molecule is CCCCCCCCCCCCCCC(O)C(COC1OC(CO)C(O)C(O)C1O)NC(=O)CCCCCCCCC. The van der Waals surface area contributed by atoms with Gasteiger partial charge in [0.1, 0.15) is 24.4 Å². The Kier molecular flexibility index (Phi) is 23.8. The van der Waals surface area contributed by atoms with Crippen LogP contribution in [0.5, 0.6) is 0 Å². The summed E-state index contributed by atoms with van der Waals surface area (Å²) in [7, 11) is 0. The monoisotopic (exact) mass is 603 g/mol. The van der Waals surface area contributed by atoms with E-state index in [1.165, 1.54) is 83.5 Å². The highest BCUT2D eigenvalue weighted by Gasteiger charge is 2.44. The molecule has 0 spiro atoms. The molecule has 7 unspecified atom stereocenters. The van der Waals surface area contributed by atoms with Crippen molar-refractivity contribution in [2.75, 3.05) is 13.2 Å². The predicted molar refractivity (Wildman–Crippen MR) is 166 cm³/mol. The molecule has 42 heavy (non-hydrogen) atoms. The van der Waals surface area contributed by atoms with Crippen molar-refractivity contribution >= 4 is 5.91 Å². The third kappa shape index (κ3) is 17.5. The molecule has 0 aromatic heterocycles. The smallest absolute Gasteiger partial charge is 0.220 e. The molecule has 0 radical (unpaired) electrons. The molecule has 1 fully saturated rings. The largest absolute Gasteiger partial charge is 0.394 e. The van der Waals surface area contributed by atoms with Crippen molar-refractivity contribution in [3.8, 4) is 0 Å². The van der Waals surface area contributed by atoms with Gasteiger partial charge in [0, 0.05) is 6.42 Å². The summed E-state index contributed by atoms with van der Waals surface area (Å²) in [5.41, 5.74) is 0. The number of rotatable bonds is 27. The van der Waals surface area contributed by atoms with Gasteiger partial charge in [-0.3, -0.25) is 4.79 Å². The van der Waals surface area contributed by atoms with Crippen molar-refractivity contribution in [2.45, 2.75) is 192 Å². The Bertz CT molecular complexity index is 637. The zero-order chi connectivity index (χ0) is 31.0. The van der Waals surface area contributed by atoms with Crippen LogP contribution >= 0.6 is 0 Å².